The van der Waals surface area contributed by atoms with Gasteiger partial charge in [0.2, 0.25) is 5.91 Å². The normalized spacial score (nSPS) is 10.6. The molecule has 2 rings (SSSR count). The maximum absolute atomic E-state index is 13.2. The number of hydrogen-bond acceptors (Lipinski definition) is 3. The number of halogens is 4. The molecule has 0 heterocycles. The minimum atomic E-state index is -2.87. The van der Waals surface area contributed by atoms with Crippen molar-refractivity contribution >= 4 is 27.7 Å². The van der Waals surface area contributed by atoms with Crippen molar-refractivity contribution in [2.45, 2.75) is 19.5 Å². The van der Waals surface area contributed by atoms with E-state index in [4.69, 9.17) is 0 Å². The molecule has 0 unspecified atom stereocenters. The number of benzene rings is 2. The van der Waals surface area contributed by atoms with Crippen molar-refractivity contribution in [3.05, 3.63) is 63.9 Å². The Labute approximate surface area is 168 Å². The second-order valence-electron chi connectivity index (χ2n) is 5.75. The van der Waals surface area contributed by atoms with Gasteiger partial charge in [-0.15, -0.1) is 0 Å². The molecule has 0 radical (unpaired) electrons. The second-order valence-corrected chi connectivity index (χ2v) is 6.61. The molecule has 150 valence electrons. The summed E-state index contributed by atoms with van der Waals surface area (Å²) in [6.07, 6.45) is 0.586. The second kappa shape index (κ2) is 10.7. The molecule has 0 bridgehead atoms. The highest BCUT2D eigenvalue weighted by Crippen LogP contribution is 2.17. The van der Waals surface area contributed by atoms with Crippen LogP contribution in [0.3, 0.4) is 0 Å². The minimum absolute atomic E-state index is 0.0693. The number of hydrogen-bond donors (Lipinski definition) is 2. The Morgan fingerprint density at radius 3 is 2.43 bits per heavy atom. The van der Waals surface area contributed by atoms with Crippen molar-refractivity contribution in [2.24, 2.45) is 0 Å². The first kappa shape index (κ1) is 21.7. The summed E-state index contributed by atoms with van der Waals surface area (Å²) in [5.74, 6) is -1.19. The Morgan fingerprint density at radius 1 is 1.04 bits per heavy atom. The van der Waals surface area contributed by atoms with Gasteiger partial charge in [0, 0.05) is 24.0 Å². The predicted molar refractivity (Wildman–Crippen MR) is 101 cm³/mol. The van der Waals surface area contributed by atoms with Crippen LogP contribution in [0.15, 0.2) is 46.9 Å². The van der Waals surface area contributed by atoms with Crippen LogP contribution in [-0.2, 0) is 11.2 Å². The molecule has 2 aromatic carbocycles. The zero-order valence-corrected chi connectivity index (χ0v) is 16.3. The van der Waals surface area contributed by atoms with Crippen molar-refractivity contribution in [3.63, 3.8) is 0 Å². The maximum Gasteiger partial charge on any atom is 0.387 e. The molecule has 0 aliphatic rings. The van der Waals surface area contributed by atoms with E-state index in [9.17, 15) is 22.8 Å². The predicted octanol–water partition coefficient (Wildman–Crippen LogP) is 3.67. The molecule has 0 aliphatic heterocycles. The third-order valence-electron chi connectivity index (χ3n) is 3.70. The van der Waals surface area contributed by atoms with Crippen LogP contribution in [0.1, 0.15) is 22.3 Å². The Kier molecular flexibility index (Phi) is 8.31. The molecule has 2 N–H and O–H groups in total. The van der Waals surface area contributed by atoms with Crippen molar-refractivity contribution in [3.8, 4) is 5.75 Å². The van der Waals surface area contributed by atoms with Crippen LogP contribution in [0.5, 0.6) is 5.75 Å². The topological polar surface area (TPSA) is 67.4 Å². The largest absolute Gasteiger partial charge is 0.435 e. The van der Waals surface area contributed by atoms with Crippen LogP contribution >= 0.6 is 15.9 Å². The lowest BCUT2D eigenvalue weighted by Gasteiger charge is -2.09. The smallest absolute Gasteiger partial charge is 0.387 e. The van der Waals surface area contributed by atoms with Crippen LogP contribution in [0.4, 0.5) is 13.2 Å². The maximum atomic E-state index is 13.2. The Balaban J connectivity index is 1.67. The van der Waals surface area contributed by atoms with Gasteiger partial charge in [0.25, 0.3) is 5.91 Å². The number of alkyl halides is 2. The van der Waals surface area contributed by atoms with Gasteiger partial charge in [-0.1, -0.05) is 12.1 Å². The third-order valence-corrected chi connectivity index (χ3v) is 4.39. The first-order valence-electron chi connectivity index (χ1n) is 8.39. The molecule has 28 heavy (non-hydrogen) atoms. The van der Waals surface area contributed by atoms with Crippen molar-refractivity contribution in [1.82, 2.24) is 10.6 Å². The lowest BCUT2D eigenvalue weighted by Crippen LogP contribution is -2.31. The number of nitrogens with one attached hydrogen (secondary N) is 2. The van der Waals surface area contributed by atoms with Gasteiger partial charge in [-0.2, -0.15) is 8.78 Å². The molecule has 0 aromatic heterocycles. The molecular weight excluding hydrogens is 441 g/mol. The van der Waals surface area contributed by atoms with E-state index in [0.717, 1.165) is 11.6 Å². The van der Waals surface area contributed by atoms with Crippen LogP contribution in [-0.4, -0.2) is 31.5 Å². The van der Waals surface area contributed by atoms with Gasteiger partial charge in [-0.05, 0) is 58.2 Å². The molecule has 2 aromatic rings. The van der Waals surface area contributed by atoms with Crippen molar-refractivity contribution in [2.75, 3.05) is 13.1 Å². The molecule has 2 amide bonds. The van der Waals surface area contributed by atoms with Crippen LogP contribution in [0, 0.1) is 5.82 Å². The minimum Gasteiger partial charge on any atom is -0.435 e. The first-order valence-corrected chi connectivity index (χ1v) is 9.18. The van der Waals surface area contributed by atoms with Gasteiger partial charge < -0.3 is 15.4 Å². The lowest BCUT2D eigenvalue weighted by molar-refractivity contribution is -0.120. The third kappa shape index (κ3) is 7.22. The number of amides is 2. The summed E-state index contributed by atoms with van der Waals surface area (Å²) in [7, 11) is 0. The number of carbonyl (C=O) groups excluding carboxylic acids is 2. The molecule has 5 nitrogen and oxygen atoms in total. The fraction of sp³-hybridized carbons (Fsp3) is 0.263. The molecule has 0 aliphatic carbocycles. The fourth-order valence-electron chi connectivity index (χ4n) is 2.33. The number of ether oxygens (including phenoxy) is 1. The average Bonchev–Trinajstić information content (AvgIpc) is 2.64. The summed E-state index contributed by atoms with van der Waals surface area (Å²) in [4.78, 5) is 23.8. The highest BCUT2D eigenvalue weighted by molar-refractivity contribution is 9.10. The molecule has 0 spiro atoms. The fourth-order valence-corrected chi connectivity index (χ4v) is 2.76. The summed E-state index contributed by atoms with van der Waals surface area (Å²) in [6.45, 7) is -2.41. The van der Waals surface area contributed by atoms with E-state index in [1.807, 2.05) is 0 Å². The molecule has 0 saturated heterocycles. The molecule has 9 heteroatoms. The van der Waals surface area contributed by atoms with E-state index in [-0.39, 0.29) is 30.2 Å². The number of rotatable bonds is 9. The highest BCUT2D eigenvalue weighted by atomic mass is 79.9. The average molecular weight is 459 g/mol. The van der Waals surface area contributed by atoms with E-state index < -0.39 is 18.3 Å². The van der Waals surface area contributed by atoms with Crippen LogP contribution in [0.2, 0.25) is 0 Å². The Morgan fingerprint density at radius 2 is 1.75 bits per heavy atom. The SMILES string of the molecule is O=C(CCNC(=O)c1cc(F)ccc1Br)NCCc1ccc(OC(F)F)cc1. The summed E-state index contributed by atoms with van der Waals surface area (Å²) < 4.78 is 42.1. The molecule has 0 fully saturated rings. The van der Waals surface area contributed by atoms with Crippen molar-refractivity contribution < 1.29 is 27.5 Å². The summed E-state index contributed by atoms with van der Waals surface area (Å²) in [6, 6.07) is 9.92. The van der Waals surface area contributed by atoms with E-state index in [1.165, 1.54) is 24.3 Å². The van der Waals surface area contributed by atoms with Gasteiger partial charge in [0.1, 0.15) is 11.6 Å². The summed E-state index contributed by atoms with van der Waals surface area (Å²) in [5, 5.41) is 5.26. The Hall–Kier alpha value is -2.55. The van der Waals surface area contributed by atoms with E-state index in [0.29, 0.717) is 17.4 Å². The van der Waals surface area contributed by atoms with E-state index in [2.05, 4.69) is 31.3 Å². The molecule has 0 atom stereocenters. The van der Waals surface area contributed by atoms with Gasteiger partial charge >= 0.3 is 6.61 Å². The van der Waals surface area contributed by atoms with Crippen LogP contribution in [0.25, 0.3) is 0 Å². The molecule has 0 saturated carbocycles. The molecular formula is C19H18BrF3N2O3. The Bertz CT molecular complexity index is 817. The van der Waals surface area contributed by atoms with Gasteiger partial charge in [-0.25, -0.2) is 4.39 Å². The van der Waals surface area contributed by atoms with Gasteiger partial charge in [0.15, 0.2) is 0 Å². The van der Waals surface area contributed by atoms with Crippen molar-refractivity contribution in [1.29, 1.82) is 0 Å². The highest BCUT2D eigenvalue weighted by Gasteiger charge is 2.11. The number of carbonyl (C=O) groups is 2. The van der Waals surface area contributed by atoms with Gasteiger partial charge in [-0.3, -0.25) is 9.59 Å². The standard InChI is InChI=1S/C19H18BrF3N2O3/c20-16-6-3-13(21)11-15(16)18(27)25-10-8-17(26)24-9-7-12-1-4-14(5-2-12)28-19(22)23/h1-6,11,19H,7-10H2,(H,24,26)(H,25,27). The summed E-state index contributed by atoms with van der Waals surface area (Å²) in [5.41, 5.74) is 1.01. The van der Waals surface area contributed by atoms with Crippen LogP contribution < -0.4 is 15.4 Å². The lowest BCUT2D eigenvalue weighted by atomic mass is 10.1. The zero-order chi connectivity index (χ0) is 20.5. The first-order chi connectivity index (χ1) is 13.3. The van der Waals surface area contributed by atoms with E-state index in [1.54, 1.807) is 12.1 Å². The zero-order valence-electron chi connectivity index (χ0n) is 14.7. The summed E-state index contributed by atoms with van der Waals surface area (Å²) >= 11 is 3.17. The van der Waals surface area contributed by atoms with E-state index >= 15 is 0 Å². The van der Waals surface area contributed by atoms with Gasteiger partial charge in [0.05, 0.1) is 5.56 Å². The quantitative estimate of drug-likeness (QED) is 0.602. The monoisotopic (exact) mass is 458 g/mol.